The summed E-state index contributed by atoms with van der Waals surface area (Å²) in [6, 6.07) is 14.7. The van der Waals surface area contributed by atoms with Gasteiger partial charge in [0.25, 0.3) is 0 Å². The maximum absolute atomic E-state index is 12.5. The van der Waals surface area contributed by atoms with Crippen molar-refractivity contribution in [2.75, 3.05) is 17.7 Å². The minimum absolute atomic E-state index is 0.0804. The predicted molar refractivity (Wildman–Crippen MR) is 142 cm³/mol. The molecule has 0 aliphatic heterocycles. The van der Waals surface area contributed by atoms with Gasteiger partial charge in [-0.05, 0) is 68.1 Å². The number of anilines is 1. The number of esters is 1. The minimum atomic E-state index is -0.388. The Balaban J connectivity index is 1.58. The van der Waals surface area contributed by atoms with Crippen LogP contribution < -0.4 is 10.1 Å². The van der Waals surface area contributed by atoms with Crippen LogP contribution in [0.4, 0.5) is 5.69 Å². The zero-order valence-electron chi connectivity index (χ0n) is 21.7. The first kappa shape index (κ1) is 27.3. The highest BCUT2D eigenvalue weighted by atomic mass is 32.2. The zero-order valence-corrected chi connectivity index (χ0v) is 22.5. The Morgan fingerprint density at radius 1 is 1.03 bits per heavy atom. The van der Waals surface area contributed by atoms with E-state index < -0.39 is 0 Å². The second-order valence-corrected chi connectivity index (χ2v) is 10.2. The van der Waals surface area contributed by atoms with Crippen LogP contribution in [0.5, 0.6) is 5.75 Å². The third-order valence-corrected chi connectivity index (χ3v) is 6.44. The molecule has 8 nitrogen and oxygen atoms in total. The summed E-state index contributed by atoms with van der Waals surface area (Å²) >= 11 is 1.31. The summed E-state index contributed by atoms with van der Waals surface area (Å²) in [6.45, 7) is 13.2. The molecule has 9 heteroatoms. The molecule has 0 aliphatic rings. The number of thioether (sulfide) groups is 1. The molecule has 36 heavy (non-hydrogen) atoms. The molecule has 1 unspecified atom stereocenters. The fraction of sp³-hybridized carbons (Fsp3) is 0.407. The van der Waals surface area contributed by atoms with Crippen LogP contribution in [0.25, 0.3) is 0 Å². The summed E-state index contributed by atoms with van der Waals surface area (Å²) in [4.78, 5) is 24.2. The van der Waals surface area contributed by atoms with Crippen molar-refractivity contribution in [1.82, 2.24) is 14.8 Å². The van der Waals surface area contributed by atoms with Gasteiger partial charge in [0.1, 0.15) is 5.75 Å². The molecule has 3 rings (SSSR count). The third-order valence-electron chi connectivity index (χ3n) is 5.47. The number of carbonyl (C=O) groups is 2. The van der Waals surface area contributed by atoms with Crippen molar-refractivity contribution in [1.29, 1.82) is 0 Å². The van der Waals surface area contributed by atoms with Gasteiger partial charge in [0, 0.05) is 12.2 Å². The molecule has 1 amide bonds. The summed E-state index contributed by atoms with van der Waals surface area (Å²) in [5.74, 6) is 1.07. The Morgan fingerprint density at radius 3 is 2.28 bits per heavy atom. The van der Waals surface area contributed by atoms with Crippen molar-refractivity contribution in [3.63, 3.8) is 0 Å². The van der Waals surface area contributed by atoms with Gasteiger partial charge >= 0.3 is 5.97 Å². The third kappa shape index (κ3) is 7.10. The highest BCUT2D eigenvalue weighted by Crippen LogP contribution is 2.28. The topological polar surface area (TPSA) is 95.3 Å². The van der Waals surface area contributed by atoms with Crippen molar-refractivity contribution < 1.29 is 19.1 Å². The molecule has 1 N–H and O–H groups in total. The van der Waals surface area contributed by atoms with E-state index in [1.165, 1.54) is 17.3 Å². The molecule has 0 radical (unpaired) electrons. The normalized spacial score (nSPS) is 12.2. The fourth-order valence-electron chi connectivity index (χ4n) is 3.53. The Kier molecular flexibility index (Phi) is 9.14. The molecule has 192 valence electrons. The molecule has 0 bridgehead atoms. The van der Waals surface area contributed by atoms with E-state index in [-0.39, 0.29) is 29.1 Å². The number of hydrogen-bond donors (Lipinski definition) is 1. The quantitative estimate of drug-likeness (QED) is 0.278. The van der Waals surface area contributed by atoms with Crippen LogP contribution in [0.3, 0.4) is 0 Å². The first-order valence-electron chi connectivity index (χ1n) is 12.0. The van der Waals surface area contributed by atoms with Gasteiger partial charge in [0.2, 0.25) is 5.91 Å². The lowest BCUT2D eigenvalue weighted by molar-refractivity contribution is -0.113. The molecule has 1 atom stereocenters. The fourth-order valence-corrected chi connectivity index (χ4v) is 4.34. The van der Waals surface area contributed by atoms with Crippen LogP contribution in [-0.2, 0) is 21.5 Å². The van der Waals surface area contributed by atoms with Crippen molar-refractivity contribution in [3.05, 3.63) is 65.5 Å². The van der Waals surface area contributed by atoms with E-state index in [0.29, 0.717) is 35.4 Å². The number of ether oxygens (including phenoxy) is 2. The molecule has 1 aromatic heterocycles. The van der Waals surface area contributed by atoms with Crippen LogP contribution in [-0.4, -0.2) is 39.0 Å². The van der Waals surface area contributed by atoms with Gasteiger partial charge in [-0.3, -0.25) is 4.79 Å². The molecule has 0 spiro atoms. The van der Waals surface area contributed by atoms with Gasteiger partial charge in [-0.1, -0.05) is 44.7 Å². The molecule has 0 aliphatic carbocycles. The van der Waals surface area contributed by atoms with E-state index in [4.69, 9.17) is 9.47 Å². The maximum atomic E-state index is 12.5. The van der Waals surface area contributed by atoms with Gasteiger partial charge in [0.15, 0.2) is 17.1 Å². The molecule has 0 saturated heterocycles. The molecule has 0 saturated carbocycles. The van der Waals surface area contributed by atoms with Crippen molar-refractivity contribution in [2.24, 2.45) is 0 Å². The zero-order chi connectivity index (χ0) is 26.3. The van der Waals surface area contributed by atoms with Gasteiger partial charge in [-0.15, -0.1) is 10.2 Å². The summed E-state index contributed by atoms with van der Waals surface area (Å²) in [6.07, 6.45) is -0.306. The van der Waals surface area contributed by atoms with Gasteiger partial charge in [-0.2, -0.15) is 0 Å². The van der Waals surface area contributed by atoms with Crippen LogP contribution in [0.1, 0.15) is 69.4 Å². The van der Waals surface area contributed by atoms with Gasteiger partial charge in [0.05, 0.1) is 17.9 Å². The Labute approximate surface area is 216 Å². The smallest absolute Gasteiger partial charge is 0.338 e. The summed E-state index contributed by atoms with van der Waals surface area (Å²) in [7, 11) is 0. The lowest BCUT2D eigenvalue weighted by Crippen LogP contribution is -2.15. The summed E-state index contributed by atoms with van der Waals surface area (Å²) < 4.78 is 13.1. The van der Waals surface area contributed by atoms with Crippen LogP contribution in [0, 0.1) is 0 Å². The van der Waals surface area contributed by atoms with E-state index in [1.54, 1.807) is 31.2 Å². The number of nitrogens with one attached hydrogen (secondary N) is 1. The monoisotopic (exact) mass is 510 g/mol. The van der Waals surface area contributed by atoms with Crippen molar-refractivity contribution in [2.45, 2.75) is 64.8 Å². The van der Waals surface area contributed by atoms with Crippen LogP contribution in [0.15, 0.2) is 53.7 Å². The standard InChI is InChI=1S/C27H34N4O4S/c1-7-31-24(18(3)35-22-15-11-20(12-16-22)27(4,5)6)29-30-26(31)36-17-23(32)28-21-13-9-19(10-14-21)25(33)34-8-2/h9-16,18H,7-8,17H2,1-6H3,(H,28,32). The Hall–Kier alpha value is -3.33. The summed E-state index contributed by atoms with van der Waals surface area (Å²) in [5, 5.41) is 12.1. The van der Waals surface area contributed by atoms with Crippen molar-refractivity contribution >= 4 is 29.3 Å². The second kappa shape index (κ2) is 12.1. The average molecular weight is 511 g/mol. The number of carbonyl (C=O) groups excluding carboxylic acids is 2. The van der Waals surface area contributed by atoms with Gasteiger partial charge in [-0.25, -0.2) is 4.79 Å². The molecule has 3 aromatic rings. The maximum Gasteiger partial charge on any atom is 0.338 e. The second-order valence-electron chi connectivity index (χ2n) is 9.25. The van der Waals surface area contributed by atoms with Gasteiger partial charge < -0.3 is 19.4 Å². The highest BCUT2D eigenvalue weighted by molar-refractivity contribution is 7.99. The largest absolute Gasteiger partial charge is 0.483 e. The number of amides is 1. The van der Waals surface area contributed by atoms with E-state index in [9.17, 15) is 9.59 Å². The SMILES string of the molecule is CCOC(=O)c1ccc(NC(=O)CSc2nnc(C(C)Oc3ccc(C(C)(C)C)cc3)n2CC)cc1. The number of rotatable bonds is 10. The van der Waals surface area contributed by atoms with E-state index >= 15 is 0 Å². The predicted octanol–water partition coefficient (Wildman–Crippen LogP) is 5.64. The number of hydrogen-bond acceptors (Lipinski definition) is 7. The molecular weight excluding hydrogens is 476 g/mol. The average Bonchev–Trinajstić information content (AvgIpc) is 3.26. The van der Waals surface area contributed by atoms with E-state index in [0.717, 1.165) is 5.75 Å². The molecule has 2 aromatic carbocycles. The Morgan fingerprint density at radius 2 is 1.69 bits per heavy atom. The minimum Gasteiger partial charge on any atom is -0.483 e. The lowest BCUT2D eigenvalue weighted by Gasteiger charge is -2.20. The molecule has 1 heterocycles. The number of aromatic nitrogens is 3. The summed E-state index contributed by atoms with van der Waals surface area (Å²) in [5.41, 5.74) is 2.36. The molecular formula is C27H34N4O4S. The number of benzene rings is 2. The number of nitrogens with zero attached hydrogens (tertiary/aromatic N) is 3. The van der Waals surface area contributed by atoms with Crippen LogP contribution >= 0.6 is 11.8 Å². The van der Waals surface area contributed by atoms with E-state index in [1.807, 2.05) is 30.5 Å². The van der Waals surface area contributed by atoms with E-state index in [2.05, 4.69) is 48.4 Å². The first-order chi connectivity index (χ1) is 17.1. The first-order valence-corrected chi connectivity index (χ1v) is 13.0. The molecule has 0 fully saturated rings. The van der Waals surface area contributed by atoms with Crippen molar-refractivity contribution in [3.8, 4) is 5.75 Å². The Bertz CT molecular complexity index is 1170. The highest BCUT2D eigenvalue weighted by Gasteiger charge is 2.20. The lowest BCUT2D eigenvalue weighted by atomic mass is 9.87. The van der Waals surface area contributed by atoms with Crippen LogP contribution in [0.2, 0.25) is 0 Å².